The fourth-order valence-corrected chi connectivity index (χ4v) is 1.65. The van der Waals surface area contributed by atoms with E-state index < -0.39 is 6.04 Å². The molecule has 0 aromatic rings. The topological polar surface area (TPSA) is 66.6 Å². The third kappa shape index (κ3) is 6.08. The molecule has 1 atom stereocenters. The van der Waals surface area contributed by atoms with Crippen molar-refractivity contribution in [3.63, 3.8) is 0 Å². The van der Waals surface area contributed by atoms with Gasteiger partial charge in [-0.05, 0) is 18.8 Å². The Bertz CT molecular complexity index is 195. The Hall–Kier alpha value is -0.610. The first kappa shape index (κ1) is 15.4. The second kappa shape index (κ2) is 8.53. The minimum atomic E-state index is -0.427. The Kier molecular flexibility index (Phi) is 8.21. The molecule has 0 bridgehead atoms. The van der Waals surface area contributed by atoms with E-state index in [1.807, 2.05) is 0 Å². The molecule has 0 spiro atoms. The Morgan fingerprint density at radius 2 is 2.00 bits per heavy atom. The van der Waals surface area contributed by atoms with E-state index >= 15 is 0 Å². The first-order valence-electron chi connectivity index (χ1n) is 6.18. The number of hydrogen-bond acceptors (Lipinski definition) is 3. The predicted molar refractivity (Wildman–Crippen MR) is 66.0 cm³/mol. The highest BCUT2D eigenvalue weighted by Gasteiger charge is 2.20. The number of amides is 1. The minimum Gasteiger partial charge on any atom is -0.395 e. The Labute approximate surface area is 98.8 Å². The van der Waals surface area contributed by atoms with Crippen LogP contribution in [0.5, 0.6) is 0 Å². The van der Waals surface area contributed by atoms with Crippen LogP contribution in [0, 0.1) is 5.92 Å². The maximum Gasteiger partial charge on any atom is 0.239 e. The van der Waals surface area contributed by atoms with Gasteiger partial charge in [0.15, 0.2) is 0 Å². The molecule has 0 radical (unpaired) electrons. The van der Waals surface area contributed by atoms with Crippen LogP contribution in [-0.2, 0) is 4.79 Å². The molecule has 0 rings (SSSR count). The Morgan fingerprint density at radius 3 is 2.44 bits per heavy atom. The molecule has 4 heteroatoms. The number of rotatable bonds is 8. The average molecular weight is 230 g/mol. The lowest BCUT2D eigenvalue weighted by atomic mass is 10.0. The molecule has 0 aliphatic carbocycles. The highest BCUT2D eigenvalue weighted by Crippen LogP contribution is 2.06. The first-order chi connectivity index (χ1) is 7.52. The molecule has 0 heterocycles. The summed E-state index contributed by atoms with van der Waals surface area (Å²) in [6, 6.07) is -0.427. The zero-order valence-corrected chi connectivity index (χ0v) is 10.8. The van der Waals surface area contributed by atoms with Crippen LogP contribution in [0.3, 0.4) is 0 Å². The summed E-state index contributed by atoms with van der Waals surface area (Å²) >= 11 is 0. The SMILES string of the molecule is CCCCN(CCO)C(=O)[C@@H](N)CC(C)C. The number of carbonyl (C=O) groups excluding carboxylic acids is 1. The molecular formula is C12H26N2O2. The number of aliphatic hydroxyl groups is 1. The molecule has 0 aliphatic rings. The molecule has 0 aromatic carbocycles. The van der Waals surface area contributed by atoms with Crippen LogP contribution in [0.1, 0.15) is 40.0 Å². The molecule has 16 heavy (non-hydrogen) atoms. The maximum atomic E-state index is 12.0. The first-order valence-corrected chi connectivity index (χ1v) is 6.18. The average Bonchev–Trinajstić information content (AvgIpc) is 2.22. The van der Waals surface area contributed by atoms with Crippen LogP contribution in [-0.4, -0.2) is 41.7 Å². The van der Waals surface area contributed by atoms with E-state index in [1.165, 1.54) is 0 Å². The van der Waals surface area contributed by atoms with Gasteiger partial charge in [-0.2, -0.15) is 0 Å². The largest absolute Gasteiger partial charge is 0.395 e. The number of nitrogens with zero attached hydrogens (tertiary/aromatic N) is 1. The summed E-state index contributed by atoms with van der Waals surface area (Å²) in [4.78, 5) is 13.6. The summed E-state index contributed by atoms with van der Waals surface area (Å²) in [6.45, 7) is 7.27. The summed E-state index contributed by atoms with van der Waals surface area (Å²) < 4.78 is 0. The van der Waals surface area contributed by atoms with Crippen molar-refractivity contribution < 1.29 is 9.90 Å². The summed E-state index contributed by atoms with van der Waals surface area (Å²) in [7, 11) is 0. The fraction of sp³-hybridized carbons (Fsp3) is 0.917. The molecule has 96 valence electrons. The van der Waals surface area contributed by atoms with E-state index in [0.29, 0.717) is 25.4 Å². The molecule has 0 aliphatic heterocycles. The minimum absolute atomic E-state index is 0.00382. The zero-order chi connectivity index (χ0) is 12.6. The normalized spacial score (nSPS) is 12.9. The summed E-state index contributed by atoms with van der Waals surface area (Å²) in [5.41, 5.74) is 5.85. The zero-order valence-electron chi connectivity index (χ0n) is 10.8. The van der Waals surface area contributed by atoms with Gasteiger partial charge in [0.05, 0.1) is 12.6 Å². The summed E-state index contributed by atoms with van der Waals surface area (Å²) in [5, 5.41) is 8.91. The summed E-state index contributed by atoms with van der Waals surface area (Å²) in [5.74, 6) is 0.386. The lowest BCUT2D eigenvalue weighted by molar-refractivity contribution is -0.133. The van der Waals surface area contributed by atoms with Crippen molar-refractivity contribution >= 4 is 5.91 Å². The number of carbonyl (C=O) groups is 1. The van der Waals surface area contributed by atoms with E-state index in [-0.39, 0.29) is 12.5 Å². The van der Waals surface area contributed by atoms with Crippen LogP contribution >= 0.6 is 0 Å². The number of unbranched alkanes of at least 4 members (excludes halogenated alkanes) is 1. The second-order valence-corrected chi connectivity index (χ2v) is 4.64. The monoisotopic (exact) mass is 230 g/mol. The van der Waals surface area contributed by atoms with Gasteiger partial charge in [-0.1, -0.05) is 27.2 Å². The van der Waals surface area contributed by atoms with Gasteiger partial charge in [0.25, 0.3) is 0 Å². The predicted octanol–water partition coefficient (Wildman–Crippen LogP) is 0.981. The van der Waals surface area contributed by atoms with Gasteiger partial charge in [0.2, 0.25) is 5.91 Å². The van der Waals surface area contributed by atoms with Gasteiger partial charge < -0.3 is 15.7 Å². The van der Waals surface area contributed by atoms with Crippen molar-refractivity contribution in [2.75, 3.05) is 19.7 Å². The van der Waals surface area contributed by atoms with Gasteiger partial charge in [-0.25, -0.2) is 0 Å². The van der Waals surface area contributed by atoms with Gasteiger partial charge in [-0.15, -0.1) is 0 Å². The molecule has 0 saturated heterocycles. The Morgan fingerprint density at radius 1 is 1.38 bits per heavy atom. The molecule has 0 unspecified atom stereocenters. The van der Waals surface area contributed by atoms with Crippen molar-refractivity contribution in [3.05, 3.63) is 0 Å². The third-order valence-corrected chi connectivity index (χ3v) is 2.51. The van der Waals surface area contributed by atoms with E-state index in [2.05, 4.69) is 20.8 Å². The quantitative estimate of drug-likeness (QED) is 0.653. The third-order valence-electron chi connectivity index (χ3n) is 2.51. The molecule has 0 aromatic heterocycles. The van der Waals surface area contributed by atoms with Crippen LogP contribution < -0.4 is 5.73 Å². The molecule has 4 nitrogen and oxygen atoms in total. The van der Waals surface area contributed by atoms with Crippen LogP contribution in [0.2, 0.25) is 0 Å². The van der Waals surface area contributed by atoms with E-state index in [1.54, 1.807) is 4.90 Å². The van der Waals surface area contributed by atoms with E-state index in [0.717, 1.165) is 12.8 Å². The van der Waals surface area contributed by atoms with Crippen LogP contribution in [0.15, 0.2) is 0 Å². The van der Waals surface area contributed by atoms with Crippen molar-refractivity contribution in [3.8, 4) is 0 Å². The van der Waals surface area contributed by atoms with Crippen LogP contribution in [0.25, 0.3) is 0 Å². The van der Waals surface area contributed by atoms with Crippen LogP contribution in [0.4, 0.5) is 0 Å². The highest BCUT2D eigenvalue weighted by molar-refractivity contribution is 5.81. The van der Waals surface area contributed by atoms with Gasteiger partial charge in [-0.3, -0.25) is 4.79 Å². The Balaban J connectivity index is 4.23. The van der Waals surface area contributed by atoms with Crippen molar-refractivity contribution in [1.82, 2.24) is 4.90 Å². The van der Waals surface area contributed by atoms with Gasteiger partial charge >= 0.3 is 0 Å². The van der Waals surface area contributed by atoms with Crippen molar-refractivity contribution in [2.45, 2.75) is 46.1 Å². The standard InChI is InChI=1S/C12H26N2O2/c1-4-5-6-14(7-8-15)12(16)11(13)9-10(2)3/h10-11,15H,4-9,13H2,1-3H3/t11-/m0/s1. The van der Waals surface area contributed by atoms with Crippen molar-refractivity contribution in [1.29, 1.82) is 0 Å². The fourth-order valence-electron chi connectivity index (χ4n) is 1.65. The second-order valence-electron chi connectivity index (χ2n) is 4.64. The van der Waals surface area contributed by atoms with Gasteiger partial charge in [0.1, 0.15) is 0 Å². The lowest BCUT2D eigenvalue weighted by Crippen LogP contribution is -2.45. The summed E-state index contributed by atoms with van der Waals surface area (Å²) in [6.07, 6.45) is 2.70. The maximum absolute atomic E-state index is 12.0. The molecule has 3 N–H and O–H groups in total. The van der Waals surface area contributed by atoms with E-state index in [4.69, 9.17) is 10.8 Å². The highest BCUT2D eigenvalue weighted by atomic mass is 16.3. The smallest absolute Gasteiger partial charge is 0.239 e. The van der Waals surface area contributed by atoms with Crippen molar-refractivity contribution in [2.24, 2.45) is 11.7 Å². The molecule has 1 amide bonds. The van der Waals surface area contributed by atoms with Gasteiger partial charge in [0, 0.05) is 13.1 Å². The van der Waals surface area contributed by atoms with E-state index in [9.17, 15) is 4.79 Å². The molecular weight excluding hydrogens is 204 g/mol. The lowest BCUT2D eigenvalue weighted by Gasteiger charge is -2.25. The number of hydrogen-bond donors (Lipinski definition) is 2. The molecule has 0 saturated carbocycles. The number of aliphatic hydroxyl groups excluding tert-OH is 1. The molecule has 0 fully saturated rings. The number of nitrogens with two attached hydrogens (primary N) is 1.